The van der Waals surface area contributed by atoms with Crippen molar-refractivity contribution in [1.29, 1.82) is 0 Å². The lowest BCUT2D eigenvalue weighted by molar-refractivity contribution is -0.149. The third-order valence-electron chi connectivity index (χ3n) is 2.57. The Balaban J connectivity index is 0.000000921. The first-order valence-electron chi connectivity index (χ1n) is 6.16. The normalized spacial score (nSPS) is 21.5. The summed E-state index contributed by atoms with van der Waals surface area (Å²) >= 11 is 0. The van der Waals surface area contributed by atoms with E-state index in [9.17, 15) is 4.79 Å². The van der Waals surface area contributed by atoms with Gasteiger partial charge in [0.2, 0.25) is 0 Å². The fraction of sp³-hybridized carbons (Fsp3) is 0.917. The van der Waals surface area contributed by atoms with E-state index in [-0.39, 0.29) is 11.9 Å². The molecule has 1 unspecified atom stereocenters. The molecule has 0 aromatic carbocycles. The summed E-state index contributed by atoms with van der Waals surface area (Å²) in [4.78, 5) is 13.7. The molecule has 0 amide bonds. The highest BCUT2D eigenvalue weighted by Crippen LogP contribution is 2.17. The Morgan fingerprint density at radius 1 is 1.40 bits per heavy atom. The smallest absolute Gasteiger partial charge is 0.310 e. The quantitative estimate of drug-likeness (QED) is 0.677. The van der Waals surface area contributed by atoms with Crippen LogP contribution in [-0.4, -0.2) is 37.1 Å². The van der Waals surface area contributed by atoms with Crippen molar-refractivity contribution < 1.29 is 9.53 Å². The molecule has 1 atom stereocenters. The van der Waals surface area contributed by atoms with E-state index in [0.29, 0.717) is 6.61 Å². The van der Waals surface area contributed by atoms with E-state index < -0.39 is 0 Å². The Bertz CT molecular complexity index is 171. The fourth-order valence-electron chi connectivity index (χ4n) is 1.80. The van der Waals surface area contributed by atoms with E-state index >= 15 is 0 Å². The number of hydrogen-bond donors (Lipinski definition) is 0. The molecule has 0 N–H and O–H groups in total. The first-order chi connectivity index (χ1) is 7.27. The topological polar surface area (TPSA) is 29.5 Å². The Labute approximate surface area is 93.8 Å². The summed E-state index contributed by atoms with van der Waals surface area (Å²) in [6.07, 6.45) is 2.12. The van der Waals surface area contributed by atoms with Crippen LogP contribution in [0.15, 0.2) is 0 Å². The van der Waals surface area contributed by atoms with Crippen molar-refractivity contribution in [2.24, 2.45) is 5.92 Å². The monoisotopic (exact) mass is 215 g/mol. The summed E-state index contributed by atoms with van der Waals surface area (Å²) in [6, 6.07) is 0. The molecule has 0 saturated carbocycles. The third kappa shape index (κ3) is 5.17. The number of carbonyl (C=O) groups excluding carboxylic acids is 1. The van der Waals surface area contributed by atoms with Gasteiger partial charge in [-0.05, 0) is 32.9 Å². The molecule has 1 aliphatic rings. The minimum atomic E-state index is -0.0133. The van der Waals surface area contributed by atoms with Gasteiger partial charge in [0.25, 0.3) is 0 Å². The van der Waals surface area contributed by atoms with Crippen LogP contribution in [0.25, 0.3) is 0 Å². The van der Waals surface area contributed by atoms with E-state index in [4.69, 9.17) is 4.74 Å². The lowest BCUT2D eigenvalue weighted by atomic mass is 9.98. The van der Waals surface area contributed by atoms with E-state index in [1.807, 2.05) is 20.8 Å². The van der Waals surface area contributed by atoms with Gasteiger partial charge in [-0.2, -0.15) is 0 Å². The molecule has 15 heavy (non-hydrogen) atoms. The zero-order valence-electron chi connectivity index (χ0n) is 10.6. The van der Waals surface area contributed by atoms with Crippen LogP contribution in [0.4, 0.5) is 0 Å². The maximum Gasteiger partial charge on any atom is 0.310 e. The number of rotatable bonds is 3. The second kappa shape index (κ2) is 8.72. The SMILES string of the molecule is CC.CCOC(=O)C1CCCN(CC)C1. The number of ether oxygens (including phenoxy) is 1. The van der Waals surface area contributed by atoms with Gasteiger partial charge in [0, 0.05) is 6.54 Å². The summed E-state index contributed by atoms with van der Waals surface area (Å²) < 4.78 is 5.01. The van der Waals surface area contributed by atoms with Crippen LogP contribution in [-0.2, 0) is 9.53 Å². The highest BCUT2D eigenvalue weighted by molar-refractivity contribution is 5.72. The van der Waals surface area contributed by atoms with E-state index in [1.54, 1.807) is 0 Å². The van der Waals surface area contributed by atoms with Crippen molar-refractivity contribution in [2.75, 3.05) is 26.2 Å². The van der Waals surface area contributed by atoms with Gasteiger partial charge in [-0.3, -0.25) is 4.79 Å². The summed E-state index contributed by atoms with van der Waals surface area (Å²) in [5.41, 5.74) is 0. The van der Waals surface area contributed by atoms with Crippen LogP contribution in [0, 0.1) is 5.92 Å². The molecular weight excluding hydrogens is 190 g/mol. The Morgan fingerprint density at radius 3 is 2.60 bits per heavy atom. The van der Waals surface area contributed by atoms with Crippen LogP contribution in [0.2, 0.25) is 0 Å². The van der Waals surface area contributed by atoms with Gasteiger partial charge in [-0.1, -0.05) is 20.8 Å². The van der Waals surface area contributed by atoms with Crippen LogP contribution < -0.4 is 0 Å². The average molecular weight is 215 g/mol. The second-order valence-electron chi connectivity index (χ2n) is 3.48. The Morgan fingerprint density at radius 2 is 2.07 bits per heavy atom. The van der Waals surface area contributed by atoms with E-state index in [1.165, 1.54) is 0 Å². The highest BCUT2D eigenvalue weighted by Gasteiger charge is 2.25. The third-order valence-corrected chi connectivity index (χ3v) is 2.57. The number of piperidine rings is 1. The molecule has 1 rings (SSSR count). The van der Waals surface area contributed by atoms with E-state index in [2.05, 4.69) is 11.8 Å². The predicted molar refractivity (Wildman–Crippen MR) is 62.8 cm³/mol. The number of carbonyl (C=O) groups is 1. The molecule has 0 aromatic heterocycles. The van der Waals surface area contributed by atoms with Crippen molar-refractivity contribution in [1.82, 2.24) is 4.90 Å². The highest BCUT2D eigenvalue weighted by atomic mass is 16.5. The van der Waals surface area contributed by atoms with Crippen LogP contribution in [0.5, 0.6) is 0 Å². The van der Waals surface area contributed by atoms with Crippen molar-refractivity contribution in [2.45, 2.75) is 40.5 Å². The Kier molecular flexibility index (Phi) is 8.38. The molecule has 1 fully saturated rings. The molecule has 90 valence electrons. The lowest BCUT2D eigenvalue weighted by Gasteiger charge is -2.30. The lowest BCUT2D eigenvalue weighted by Crippen LogP contribution is -2.39. The van der Waals surface area contributed by atoms with Gasteiger partial charge in [0.15, 0.2) is 0 Å². The van der Waals surface area contributed by atoms with Gasteiger partial charge in [-0.15, -0.1) is 0 Å². The molecule has 3 heteroatoms. The largest absolute Gasteiger partial charge is 0.466 e. The fourth-order valence-corrected chi connectivity index (χ4v) is 1.80. The molecule has 1 heterocycles. The number of nitrogens with zero attached hydrogens (tertiary/aromatic N) is 1. The average Bonchev–Trinajstić information content (AvgIpc) is 2.32. The maximum atomic E-state index is 11.4. The van der Waals surface area contributed by atoms with Crippen molar-refractivity contribution in [3.05, 3.63) is 0 Å². The molecule has 3 nitrogen and oxygen atoms in total. The van der Waals surface area contributed by atoms with Crippen LogP contribution >= 0.6 is 0 Å². The Hall–Kier alpha value is -0.570. The molecule has 0 bridgehead atoms. The maximum absolute atomic E-state index is 11.4. The van der Waals surface area contributed by atoms with Gasteiger partial charge in [0.1, 0.15) is 0 Å². The van der Waals surface area contributed by atoms with Gasteiger partial charge < -0.3 is 9.64 Å². The first kappa shape index (κ1) is 14.4. The zero-order chi connectivity index (χ0) is 11.7. The molecule has 0 aliphatic carbocycles. The van der Waals surface area contributed by atoms with Crippen LogP contribution in [0.1, 0.15) is 40.5 Å². The zero-order valence-corrected chi connectivity index (χ0v) is 10.6. The molecule has 0 radical (unpaired) electrons. The predicted octanol–water partition coefficient (Wildman–Crippen LogP) is 2.31. The summed E-state index contributed by atoms with van der Waals surface area (Å²) in [5, 5.41) is 0. The molecule has 1 saturated heterocycles. The van der Waals surface area contributed by atoms with Gasteiger partial charge in [-0.25, -0.2) is 0 Å². The summed E-state index contributed by atoms with van der Waals surface area (Å²) in [5.74, 6) is 0.106. The first-order valence-corrected chi connectivity index (χ1v) is 6.16. The van der Waals surface area contributed by atoms with Crippen molar-refractivity contribution in [3.63, 3.8) is 0 Å². The van der Waals surface area contributed by atoms with Crippen molar-refractivity contribution >= 4 is 5.97 Å². The summed E-state index contributed by atoms with van der Waals surface area (Å²) in [7, 11) is 0. The molecule has 0 aromatic rings. The van der Waals surface area contributed by atoms with Crippen LogP contribution in [0.3, 0.4) is 0 Å². The second-order valence-corrected chi connectivity index (χ2v) is 3.48. The van der Waals surface area contributed by atoms with Gasteiger partial charge in [0.05, 0.1) is 12.5 Å². The minimum absolute atomic E-state index is 0.0133. The van der Waals surface area contributed by atoms with E-state index in [0.717, 1.165) is 32.5 Å². The molecule has 1 aliphatic heterocycles. The summed E-state index contributed by atoms with van der Waals surface area (Å²) in [6.45, 7) is 11.5. The minimum Gasteiger partial charge on any atom is -0.466 e. The standard InChI is InChI=1S/C10H19NO2.C2H6/c1-3-11-7-5-6-9(8-11)10(12)13-4-2;1-2/h9H,3-8H2,1-2H3;1-2H3. The van der Waals surface area contributed by atoms with Crippen molar-refractivity contribution in [3.8, 4) is 0 Å². The number of hydrogen-bond acceptors (Lipinski definition) is 3. The van der Waals surface area contributed by atoms with Gasteiger partial charge >= 0.3 is 5.97 Å². The number of likely N-dealkylation sites (tertiary alicyclic amines) is 1. The number of esters is 1. The molecular formula is C12H25NO2. The molecule has 0 spiro atoms.